The Labute approximate surface area is 148 Å². The van der Waals surface area contributed by atoms with Crippen molar-refractivity contribution in [3.63, 3.8) is 0 Å². The molecule has 0 fully saturated rings. The number of furan rings is 1. The summed E-state index contributed by atoms with van der Waals surface area (Å²) in [6.45, 7) is 4.89. The summed E-state index contributed by atoms with van der Waals surface area (Å²) in [5, 5.41) is 3.79. The van der Waals surface area contributed by atoms with Crippen LogP contribution >= 0.6 is 0 Å². The molecule has 4 rings (SSSR count). The highest BCUT2D eigenvalue weighted by molar-refractivity contribution is 6.11. The maximum atomic E-state index is 14.2. The van der Waals surface area contributed by atoms with Crippen molar-refractivity contribution >= 4 is 28.1 Å². The highest BCUT2D eigenvalue weighted by Gasteiger charge is 2.24. The van der Waals surface area contributed by atoms with E-state index in [1.54, 1.807) is 12.1 Å². The summed E-state index contributed by atoms with van der Waals surface area (Å²) < 4.78 is 33.3. The van der Waals surface area contributed by atoms with Gasteiger partial charge in [0.05, 0.1) is 11.1 Å². The number of nitrogens with two attached hydrogens (primary N) is 1. The maximum Gasteiger partial charge on any atom is 0.253 e. The molecular formula is C20H16F2N2O2. The number of nitrogens with one attached hydrogen (secondary N) is 1. The average Bonchev–Trinajstić information content (AvgIpc) is 2.85. The van der Waals surface area contributed by atoms with Gasteiger partial charge in [-0.15, -0.1) is 0 Å². The minimum Gasteiger partial charge on any atom is -0.455 e. The second-order valence-corrected chi connectivity index (χ2v) is 6.32. The van der Waals surface area contributed by atoms with E-state index in [1.165, 1.54) is 6.07 Å². The third-order valence-electron chi connectivity index (χ3n) is 4.60. The fraction of sp³-hybridized carbons (Fsp3) is 0.150. The van der Waals surface area contributed by atoms with Crippen LogP contribution in [0.4, 0.5) is 14.5 Å². The molecule has 3 aromatic rings. The van der Waals surface area contributed by atoms with Crippen LogP contribution in [-0.2, 0) is 0 Å². The van der Waals surface area contributed by atoms with Crippen LogP contribution in [-0.4, -0.2) is 12.5 Å². The van der Waals surface area contributed by atoms with E-state index in [2.05, 4.69) is 11.9 Å². The molecule has 1 aliphatic heterocycles. The number of hydrogen-bond donors (Lipinski definition) is 2. The number of benzene rings is 2. The quantitative estimate of drug-likeness (QED) is 0.701. The van der Waals surface area contributed by atoms with Gasteiger partial charge in [-0.05, 0) is 36.6 Å². The van der Waals surface area contributed by atoms with Crippen molar-refractivity contribution in [2.24, 2.45) is 5.73 Å². The van der Waals surface area contributed by atoms with Crippen molar-refractivity contribution in [1.82, 2.24) is 0 Å². The van der Waals surface area contributed by atoms with E-state index in [4.69, 9.17) is 10.2 Å². The zero-order chi connectivity index (χ0) is 18.4. The first-order valence-electron chi connectivity index (χ1n) is 8.23. The first-order chi connectivity index (χ1) is 12.5. The molecule has 3 N–H and O–H groups in total. The Balaban J connectivity index is 2.02. The van der Waals surface area contributed by atoms with Gasteiger partial charge in [-0.25, -0.2) is 8.78 Å². The number of anilines is 1. The van der Waals surface area contributed by atoms with Crippen molar-refractivity contribution < 1.29 is 18.0 Å². The molecule has 4 nitrogen and oxygen atoms in total. The normalized spacial score (nSPS) is 14.0. The van der Waals surface area contributed by atoms with Crippen LogP contribution in [0, 0.1) is 11.6 Å². The first-order valence-corrected chi connectivity index (χ1v) is 8.23. The van der Waals surface area contributed by atoms with Crippen LogP contribution in [0.3, 0.4) is 0 Å². The number of carbonyl (C=O) groups excluding carboxylic acids is 1. The zero-order valence-electron chi connectivity index (χ0n) is 13.9. The molecule has 0 radical (unpaired) electrons. The van der Waals surface area contributed by atoms with Gasteiger partial charge in [0.25, 0.3) is 5.91 Å². The van der Waals surface area contributed by atoms with Crippen molar-refractivity contribution in [3.8, 4) is 11.3 Å². The summed E-state index contributed by atoms with van der Waals surface area (Å²) in [5.41, 5.74) is 8.68. The Kier molecular flexibility index (Phi) is 3.76. The standard InChI is InChI=1S/C20H16F2N2O2/c1-10-3-2-6-24-16-9-17-14(8-13(10)16)18(20(23)25)19(26-17)12-5-4-11(21)7-15(12)22/h4-5,7-9,24H,1-3,6H2,(H2,23,25). The number of carbonyl (C=O) groups is 1. The topological polar surface area (TPSA) is 68.3 Å². The largest absolute Gasteiger partial charge is 0.455 e. The first kappa shape index (κ1) is 16.3. The zero-order valence-corrected chi connectivity index (χ0v) is 13.9. The van der Waals surface area contributed by atoms with E-state index in [-0.39, 0.29) is 16.9 Å². The molecule has 1 aromatic heterocycles. The van der Waals surface area contributed by atoms with E-state index in [0.29, 0.717) is 11.0 Å². The SMILES string of the molecule is C=C1CCCNc2cc3oc(-c4ccc(F)cc4F)c(C(N)=O)c3cc21. The maximum absolute atomic E-state index is 14.2. The number of allylic oxidation sites excluding steroid dienone is 1. The van der Waals surface area contributed by atoms with Crippen LogP contribution < -0.4 is 11.1 Å². The summed E-state index contributed by atoms with van der Waals surface area (Å²) in [5.74, 6) is -2.28. The molecule has 26 heavy (non-hydrogen) atoms. The lowest BCUT2D eigenvalue weighted by Crippen LogP contribution is -2.11. The van der Waals surface area contributed by atoms with Crippen molar-refractivity contribution in [2.75, 3.05) is 11.9 Å². The van der Waals surface area contributed by atoms with Crippen LogP contribution in [0.5, 0.6) is 0 Å². The van der Waals surface area contributed by atoms with Crippen LogP contribution in [0.15, 0.2) is 41.3 Å². The third kappa shape index (κ3) is 2.54. The summed E-state index contributed by atoms with van der Waals surface area (Å²) >= 11 is 0. The predicted octanol–water partition coefficient (Wildman–Crippen LogP) is 4.70. The molecule has 0 aliphatic carbocycles. The van der Waals surface area contributed by atoms with Gasteiger partial charge in [-0.3, -0.25) is 4.79 Å². The van der Waals surface area contributed by atoms with E-state index in [9.17, 15) is 13.6 Å². The Hall–Kier alpha value is -3.15. The second kappa shape index (κ2) is 5.98. The minimum absolute atomic E-state index is 0.00392. The van der Waals surface area contributed by atoms with Gasteiger partial charge < -0.3 is 15.5 Å². The van der Waals surface area contributed by atoms with Gasteiger partial charge in [0.2, 0.25) is 0 Å². The molecule has 0 atom stereocenters. The van der Waals surface area contributed by atoms with E-state index in [0.717, 1.165) is 48.3 Å². The van der Waals surface area contributed by atoms with Crippen LogP contribution in [0.25, 0.3) is 27.9 Å². The van der Waals surface area contributed by atoms with Crippen LogP contribution in [0.1, 0.15) is 28.8 Å². The fourth-order valence-electron chi connectivity index (χ4n) is 3.35. The number of amides is 1. The summed E-state index contributed by atoms with van der Waals surface area (Å²) in [6.07, 6.45) is 1.78. The molecule has 0 unspecified atom stereocenters. The van der Waals surface area contributed by atoms with Gasteiger partial charge >= 0.3 is 0 Å². The molecule has 0 saturated heterocycles. The lowest BCUT2D eigenvalue weighted by Gasteiger charge is -2.08. The van der Waals surface area contributed by atoms with Gasteiger partial charge in [-0.2, -0.15) is 0 Å². The lowest BCUT2D eigenvalue weighted by atomic mass is 9.98. The van der Waals surface area contributed by atoms with Gasteiger partial charge in [0, 0.05) is 35.3 Å². The molecule has 1 amide bonds. The van der Waals surface area contributed by atoms with Gasteiger partial charge in [0.15, 0.2) is 5.76 Å². The number of halogens is 2. The Morgan fingerprint density at radius 3 is 2.73 bits per heavy atom. The smallest absolute Gasteiger partial charge is 0.253 e. The van der Waals surface area contributed by atoms with Crippen molar-refractivity contribution in [3.05, 3.63) is 59.7 Å². The predicted molar refractivity (Wildman–Crippen MR) is 96.8 cm³/mol. The Morgan fingerprint density at radius 2 is 2.00 bits per heavy atom. The monoisotopic (exact) mass is 354 g/mol. The summed E-state index contributed by atoms with van der Waals surface area (Å²) in [4.78, 5) is 12.1. The van der Waals surface area contributed by atoms with Crippen molar-refractivity contribution in [2.45, 2.75) is 12.8 Å². The third-order valence-corrected chi connectivity index (χ3v) is 4.60. The van der Waals surface area contributed by atoms with Crippen molar-refractivity contribution in [1.29, 1.82) is 0 Å². The Bertz CT molecular complexity index is 1070. The highest BCUT2D eigenvalue weighted by atomic mass is 19.1. The molecular weight excluding hydrogens is 338 g/mol. The van der Waals surface area contributed by atoms with E-state index < -0.39 is 17.5 Å². The molecule has 6 heteroatoms. The highest BCUT2D eigenvalue weighted by Crippen LogP contribution is 2.40. The second-order valence-electron chi connectivity index (χ2n) is 6.32. The molecule has 2 heterocycles. The molecule has 0 spiro atoms. The number of hydrogen-bond acceptors (Lipinski definition) is 3. The minimum atomic E-state index is -0.823. The molecule has 0 saturated carbocycles. The fourth-order valence-corrected chi connectivity index (χ4v) is 3.35. The molecule has 1 aliphatic rings. The molecule has 0 bridgehead atoms. The lowest BCUT2D eigenvalue weighted by molar-refractivity contribution is 0.100. The Morgan fingerprint density at radius 1 is 1.19 bits per heavy atom. The summed E-state index contributed by atoms with van der Waals surface area (Å²) in [6, 6.07) is 6.64. The number of primary amides is 1. The average molecular weight is 354 g/mol. The van der Waals surface area contributed by atoms with E-state index in [1.807, 2.05) is 0 Å². The molecule has 2 aromatic carbocycles. The molecule has 132 valence electrons. The van der Waals surface area contributed by atoms with E-state index >= 15 is 0 Å². The van der Waals surface area contributed by atoms with Gasteiger partial charge in [-0.1, -0.05) is 6.58 Å². The number of rotatable bonds is 2. The summed E-state index contributed by atoms with van der Waals surface area (Å²) in [7, 11) is 0. The van der Waals surface area contributed by atoms with Crippen LogP contribution in [0.2, 0.25) is 0 Å². The number of fused-ring (bicyclic) bond motifs is 2. The van der Waals surface area contributed by atoms with Gasteiger partial charge in [0.1, 0.15) is 17.2 Å².